The highest BCUT2D eigenvalue weighted by Crippen LogP contribution is 2.33. The first kappa shape index (κ1) is 19.7. The minimum atomic E-state index is -3.79. The van der Waals surface area contributed by atoms with E-state index in [1.807, 2.05) is 25.1 Å². The largest absolute Gasteiger partial charge is 0.454 e. The number of sulfonamides is 1. The smallest absolute Gasteiger partial charge is 0.257 e. The Bertz CT molecular complexity index is 1170. The summed E-state index contributed by atoms with van der Waals surface area (Å²) >= 11 is 0. The first-order valence-corrected chi connectivity index (χ1v) is 10.5. The molecule has 1 aliphatic rings. The van der Waals surface area contributed by atoms with E-state index in [9.17, 15) is 8.42 Å². The number of hydrogen-bond donors (Lipinski definition) is 4. The van der Waals surface area contributed by atoms with Crippen LogP contribution in [0.1, 0.15) is 11.1 Å². The predicted molar refractivity (Wildman–Crippen MR) is 111 cm³/mol. The van der Waals surface area contributed by atoms with Gasteiger partial charge in [0.05, 0.1) is 4.90 Å². The van der Waals surface area contributed by atoms with E-state index in [1.165, 1.54) is 18.5 Å². The normalized spacial score (nSPS) is 12.6. The van der Waals surface area contributed by atoms with Gasteiger partial charge in [-0.05, 0) is 36.8 Å². The molecule has 0 atom stereocenters. The van der Waals surface area contributed by atoms with E-state index in [1.54, 1.807) is 12.1 Å². The van der Waals surface area contributed by atoms with Crippen LogP contribution in [-0.2, 0) is 16.6 Å². The van der Waals surface area contributed by atoms with Crippen LogP contribution in [0.25, 0.3) is 0 Å². The van der Waals surface area contributed by atoms with Crippen LogP contribution in [0.15, 0.2) is 53.7 Å². The molecule has 0 bridgehead atoms. The number of nitrogens with one attached hydrogen (secondary N) is 3. The number of aromatic nitrogens is 2. The molecular weight excluding hydrogens is 408 g/mol. The van der Waals surface area contributed by atoms with Crippen molar-refractivity contribution in [1.82, 2.24) is 14.8 Å². The van der Waals surface area contributed by atoms with Crippen molar-refractivity contribution in [3.05, 3.63) is 59.9 Å². The number of ether oxygens (including phenoxy) is 2. The fourth-order valence-electron chi connectivity index (χ4n) is 2.76. The van der Waals surface area contributed by atoms with E-state index in [2.05, 4.69) is 25.5 Å². The van der Waals surface area contributed by atoms with Gasteiger partial charge in [0.25, 0.3) is 10.0 Å². The van der Waals surface area contributed by atoms with Crippen LogP contribution >= 0.6 is 0 Å². The average molecular weight is 428 g/mol. The molecule has 10 nitrogen and oxygen atoms in total. The van der Waals surface area contributed by atoms with E-state index in [0.29, 0.717) is 23.9 Å². The topological polar surface area (TPSA) is 140 Å². The van der Waals surface area contributed by atoms with Crippen molar-refractivity contribution in [1.29, 1.82) is 0 Å². The molecular formula is C19H20N6O4S. The quantitative estimate of drug-likeness (QED) is 0.416. The summed E-state index contributed by atoms with van der Waals surface area (Å²) < 4.78 is 35.5. The summed E-state index contributed by atoms with van der Waals surface area (Å²) in [5.41, 5.74) is 10.7. The maximum absolute atomic E-state index is 12.4. The lowest BCUT2D eigenvalue weighted by Crippen LogP contribution is -2.30. The van der Waals surface area contributed by atoms with Gasteiger partial charge < -0.3 is 20.5 Å². The first-order valence-electron chi connectivity index (χ1n) is 9.00. The average Bonchev–Trinajstić information content (AvgIpc) is 3.20. The standard InChI is InChI=1S/C19H20N6O4S/c1-12-2-5-14(6-3-12)30(26,27)25-24-19-17(20)18(22-10-23-19)21-9-13-4-7-15-16(8-13)29-11-28-15/h2-8,10,25H,9,11,20H2,1H3,(H2,21,22,23,24). The first-order chi connectivity index (χ1) is 14.4. The van der Waals surface area contributed by atoms with E-state index in [4.69, 9.17) is 15.2 Å². The number of hydrazine groups is 1. The highest BCUT2D eigenvalue weighted by Gasteiger charge is 2.16. The molecule has 0 amide bonds. The molecule has 0 unspecified atom stereocenters. The Kier molecular flexibility index (Phi) is 5.29. The monoisotopic (exact) mass is 428 g/mol. The van der Waals surface area contributed by atoms with Crippen LogP contribution < -0.4 is 30.8 Å². The van der Waals surface area contributed by atoms with Gasteiger partial charge in [-0.15, -0.1) is 4.83 Å². The Morgan fingerprint density at radius 3 is 2.57 bits per heavy atom. The number of fused-ring (bicyclic) bond motifs is 1. The van der Waals surface area contributed by atoms with Crippen LogP contribution in [-0.4, -0.2) is 25.2 Å². The molecule has 1 aromatic heterocycles. The summed E-state index contributed by atoms with van der Waals surface area (Å²) in [4.78, 5) is 10.5. The number of aryl methyl sites for hydroxylation is 1. The van der Waals surface area contributed by atoms with Gasteiger partial charge in [-0.3, -0.25) is 5.43 Å². The van der Waals surface area contributed by atoms with Gasteiger partial charge in [0.2, 0.25) is 6.79 Å². The molecule has 0 saturated heterocycles. The number of benzene rings is 2. The van der Waals surface area contributed by atoms with Crippen molar-refractivity contribution < 1.29 is 17.9 Å². The second kappa shape index (κ2) is 8.05. The summed E-state index contributed by atoms with van der Waals surface area (Å²) in [6, 6.07) is 12.0. The molecule has 1 aliphatic heterocycles. The zero-order valence-corrected chi connectivity index (χ0v) is 16.9. The lowest BCUT2D eigenvalue weighted by molar-refractivity contribution is 0.174. The third-order valence-electron chi connectivity index (χ3n) is 4.42. The van der Waals surface area contributed by atoms with Crippen LogP contribution in [0.3, 0.4) is 0 Å². The molecule has 2 aromatic carbocycles. The Labute approximate surface area is 173 Å². The number of nitrogens with two attached hydrogens (primary N) is 1. The molecule has 5 N–H and O–H groups in total. The van der Waals surface area contributed by atoms with Crippen LogP contribution in [0.5, 0.6) is 11.5 Å². The zero-order chi connectivity index (χ0) is 21.1. The van der Waals surface area contributed by atoms with Crippen LogP contribution in [0.2, 0.25) is 0 Å². The lowest BCUT2D eigenvalue weighted by Gasteiger charge is -2.13. The molecule has 0 aliphatic carbocycles. The van der Waals surface area contributed by atoms with Crippen molar-refractivity contribution in [3.63, 3.8) is 0 Å². The van der Waals surface area contributed by atoms with Gasteiger partial charge >= 0.3 is 0 Å². The summed E-state index contributed by atoms with van der Waals surface area (Å²) in [5, 5.41) is 3.11. The maximum atomic E-state index is 12.4. The van der Waals surface area contributed by atoms with Crippen molar-refractivity contribution in [2.45, 2.75) is 18.4 Å². The fraction of sp³-hybridized carbons (Fsp3) is 0.158. The van der Waals surface area contributed by atoms with Crippen molar-refractivity contribution in [2.75, 3.05) is 23.3 Å². The summed E-state index contributed by atoms with van der Waals surface area (Å²) in [7, 11) is -3.79. The Balaban J connectivity index is 1.43. The zero-order valence-electron chi connectivity index (χ0n) is 16.0. The van der Waals surface area contributed by atoms with Gasteiger partial charge in [0, 0.05) is 6.54 Å². The molecule has 0 saturated carbocycles. The van der Waals surface area contributed by atoms with Crippen LogP contribution in [0, 0.1) is 6.92 Å². The van der Waals surface area contributed by atoms with Gasteiger partial charge in [-0.2, -0.15) is 0 Å². The van der Waals surface area contributed by atoms with E-state index >= 15 is 0 Å². The number of nitrogen functional groups attached to an aromatic ring is 1. The third kappa shape index (κ3) is 4.21. The highest BCUT2D eigenvalue weighted by molar-refractivity contribution is 7.89. The molecule has 4 rings (SSSR count). The Hall–Kier alpha value is -3.57. The molecule has 11 heteroatoms. The van der Waals surface area contributed by atoms with E-state index in [-0.39, 0.29) is 23.2 Å². The lowest BCUT2D eigenvalue weighted by atomic mass is 10.2. The molecule has 0 fully saturated rings. The SMILES string of the molecule is Cc1ccc(S(=O)(=O)NNc2ncnc(NCc3ccc4c(c3)OCO4)c2N)cc1. The number of anilines is 3. The van der Waals surface area contributed by atoms with Crippen LogP contribution in [0.4, 0.5) is 17.3 Å². The van der Waals surface area contributed by atoms with Gasteiger partial charge in [-0.1, -0.05) is 23.8 Å². The van der Waals surface area contributed by atoms with Gasteiger partial charge in [0.15, 0.2) is 23.1 Å². The number of hydrogen-bond acceptors (Lipinski definition) is 9. The van der Waals surface area contributed by atoms with E-state index in [0.717, 1.165) is 11.1 Å². The Morgan fingerprint density at radius 2 is 1.77 bits per heavy atom. The maximum Gasteiger partial charge on any atom is 0.257 e. The molecule has 30 heavy (non-hydrogen) atoms. The minimum Gasteiger partial charge on any atom is -0.454 e. The summed E-state index contributed by atoms with van der Waals surface area (Å²) in [6.45, 7) is 2.51. The number of rotatable bonds is 7. The summed E-state index contributed by atoms with van der Waals surface area (Å²) in [6.07, 6.45) is 1.28. The van der Waals surface area contributed by atoms with Gasteiger partial charge in [0.1, 0.15) is 12.0 Å². The predicted octanol–water partition coefficient (Wildman–Crippen LogP) is 2.01. The second-order valence-corrected chi connectivity index (χ2v) is 8.25. The highest BCUT2D eigenvalue weighted by atomic mass is 32.2. The molecule has 3 aromatic rings. The molecule has 0 spiro atoms. The van der Waals surface area contributed by atoms with Crippen molar-refractivity contribution in [2.24, 2.45) is 0 Å². The molecule has 0 radical (unpaired) electrons. The number of nitrogens with zero attached hydrogens (tertiary/aromatic N) is 2. The molecule has 2 heterocycles. The molecule has 156 valence electrons. The van der Waals surface area contributed by atoms with Gasteiger partial charge in [-0.25, -0.2) is 18.4 Å². The fourth-order valence-corrected chi connectivity index (χ4v) is 3.61. The minimum absolute atomic E-state index is 0.120. The summed E-state index contributed by atoms with van der Waals surface area (Å²) in [5.74, 6) is 1.87. The van der Waals surface area contributed by atoms with Crippen molar-refractivity contribution >= 4 is 27.3 Å². The Morgan fingerprint density at radius 1 is 1.03 bits per heavy atom. The van der Waals surface area contributed by atoms with E-state index < -0.39 is 10.0 Å². The third-order valence-corrected chi connectivity index (χ3v) is 5.68. The second-order valence-electron chi connectivity index (χ2n) is 6.57. The van der Waals surface area contributed by atoms with Crippen molar-refractivity contribution in [3.8, 4) is 11.5 Å².